The molecule has 0 bridgehead atoms. The van der Waals surface area contributed by atoms with Crippen molar-refractivity contribution in [2.75, 3.05) is 23.9 Å². The maximum absolute atomic E-state index is 13.1. The summed E-state index contributed by atoms with van der Waals surface area (Å²) in [6.07, 6.45) is 1.42. The van der Waals surface area contributed by atoms with Gasteiger partial charge in [0.05, 0.1) is 22.9 Å². The zero-order chi connectivity index (χ0) is 21.3. The number of aliphatic hydroxyl groups is 1. The highest BCUT2D eigenvalue weighted by Gasteiger charge is 2.42. The van der Waals surface area contributed by atoms with Crippen LogP contribution in [0.1, 0.15) is 32.3 Å². The van der Waals surface area contributed by atoms with Crippen molar-refractivity contribution in [3.63, 3.8) is 0 Å². The molecular formula is C19H18N2O7S. The Bertz CT molecular complexity index is 1040. The molecule has 9 nitrogen and oxygen atoms in total. The van der Waals surface area contributed by atoms with Crippen molar-refractivity contribution in [2.24, 2.45) is 0 Å². The second-order valence-electron chi connectivity index (χ2n) is 6.42. The lowest BCUT2D eigenvalue weighted by atomic mass is 10.1. The summed E-state index contributed by atoms with van der Waals surface area (Å²) in [4.78, 5) is 38.6. The molecule has 1 unspecified atom stereocenters. The zero-order valence-corrected chi connectivity index (χ0v) is 16.1. The summed E-state index contributed by atoms with van der Waals surface area (Å²) in [7, 11) is -1.41. The van der Waals surface area contributed by atoms with Gasteiger partial charge in [0.2, 0.25) is 5.91 Å². The molecule has 3 rings (SSSR count). The Morgan fingerprint density at radius 2 is 1.86 bits per heavy atom. The van der Waals surface area contributed by atoms with Crippen molar-refractivity contribution >= 4 is 34.2 Å². The number of benzene rings is 2. The van der Waals surface area contributed by atoms with E-state index in [9.17, 15) is 28.8 Å². The van der Waals surface area contributed by atoms with E-state index in [1.807, 2.05) is 0 Å². The van der Waals surface area contributed by atoms with E-state index in [1.165, 1.54) is 42.7 Å². The Morgan fingerprint density at radius 3 is 2.48 bits per heavy atom. The predicted octanol–water partition coefficient (Wildman–Crippen LogP) is 0.744. The average molecular weight is 418 g/mol. The lowest BCUT2D eigenvalue weighted by molar-refractivity contribution is -0.118. The average Bonchev–Trinajstić information content (AvgIpc) is 2.93. The van der Waals surface area contributed by atoms with Gasteiger partial charge < -0.3 is 20.6 Å². The maximum Gasteiger partial charge on any atom is 0.264 e. The van der Waals surface area contributed by atoms with Gasteiger partial charge in [0.15, 0.2) is 11.5 Å². The van der Waals surface area contributed by atoms with Gasteiger partial charge in [0.1, 0.15) is 6.61 Å². The molecule has 2 aromatic rings. The molecule has 29 heavy (non-hydrogen) atoms. The van der Waals surface area contributed by atoms with E-state index < -0.39 is 46.9 Å². The molecule has 0 saturated carbocycles. The first-order valence-electron chi connectivity index (χ1n) is 8.48. The van der Waals surface area contributed by atoms with Crippen LogP contribution in [-0.4, -0.2) is 60.8 Å². The fourth-order valence-electron chi connectivity index (χ4n) is 3.17. The third-order valence-electron chi connectivity index (χ3n) is 4.45. The van der Waals surface area contributed by atoms with Crippen molar-refractivity contribution in [1.82, 2.24) is 4.90 Å². The van der Waals surface area contributed by atoms with Crippen molar-refractivity contribution in [2.45, 2.75) is 6.04 Å². The molecule has 0 aromatic heterocycles. The van der Waals surface area contributed by atoms with Gasteiger partial charge in [-0.05, 0) is 29.8 Å². The van der Waals surface area contributed by atoms with Crippen molar-refractivity contribution in [3.05, 3.63) is 53.1 Å². The standard InChI is InChI=1S/C19H18N2O7S/c1-29(28)9-13(10-5-6-14(23)15(24)7-10)21-18(26)11-3-2-4-12(17(11)19(21)27)20-16(25)8-22/h2-7,13,22-24H,8-9H2,1H3,(H,20,25)/t13-,29?/m1/s1. The minimum Gasteiger partial charge on any atom is -0.504 e. The van der Waals surface area contributed by atoms with Crippen LogP contribution in [0, 0.1) is 0 Å². The van der Waals surface area contributed by atoms with Crippen LogP contribution in [0.2, 0.25) is 0 Å². The summed E-state index contributed by atoms with van der Waals surface area (Å²) >= 11 is 0. The fourth-order valence-corrected chi connectivity index (χ4v) is 3.96. The number of aromatic hydroxyl groups is 2. The second-order valence-corrected chi connectivity index (χ2v) is 7.90. The first-order valence-corrected chi connectivity index (χ1v) is 10.2. The minimum absolute atomic E-state index is 0.0332. The van der Waals surface area contributed by atoms with E-state index in [0.717, 1.165) is 4.90 Å². The Morgan fingerprint density at radius 1 is 1.14 bits per heavy atom. The van der Waals surface area contributed by atoms with Crippen LogP contribution in [-0.2, 0) is 15.6 Å². The third kappa shape index (κ3) is 3.84. The van der Waals surface area contributed by atoms with Gasteiger partial charge in [-0.3, -0.25) is 23.5 Å². The van der Waals surface area contributed by atoms with Crippen LogP contribution in [0.25, 0.3) is 0 Å². The highest BCUT2D eigenvalue weighted by Crippen LogP contribution is 2.37. The number of anilines is 1. The molecule has 3 amide bonds. The zero-order valence-electron chi connectivity index (χ0n) is 15.3. The molecule has 1 aliphatic rings. The molecule has 0 spiro atoms. The number of hydrogen-bond donors (Lipinski definition) is 4. The van der Waals surface area contributed by atoms with Crippen LogP contribution >= 0.6 is 0 Å². The summed E-state index contributed by atoms with van der Waals surface area (Å²) in [5.41, 5.74) is 0.410. The molecule has 2 aromatic carbocycles. The van der Waals surface area contributed by atoms with Gasteiger partial charge in [-0.2, -0.15) is 0 Å². The Kier molecular flexibility index (Phi) is 5.66. The monoisotopic (exact) mass is 418 g/mol. The number of phenols is 2. The van der Waals surface area contributed by atoms with Crippen LogP contribution < -0.4 is 5.32 Å². The molecule has 2 atom stereocenters. The molecule has 0 aliphatic carbocycles. The van der Waals surface area contributed by atoms with Crippen molar-refractivity contribution < 1.29 is 33.9 Å². The number of nitrogens with zero attached hydrogens (tertiary/aromatic N) is 1. The van der Waals surface area contributed by atoms with Gasteiger partial charge in [-0.25, -0.2) is 0 Å². The van der Waals surface area contributed by atoms with Gasteiger partial charge in [0.25, 0.3) is 11.8 Å². The summed E-state index contributed by atoms with van der Waals surface area (Å²) in [6.45, 7) is -0.792. The van der Waals surface area contributed by atoms with Crippen molar-refractivity contribution in [3.8, 4) is 11.5 Å². The van der Waals surface area contributed by atoms with Crippen LogP contribution in [0.3, 0.4) is 0 Å². The highest BCUT2D eigenvalue weighted by molar-refractivity contribution is 7.84. The molecule has 1 aliphatic heterocycles. The van der Waals surface area contributed by atoms with Crippen LogP contribution in [0.4, 0.5) is 5.69 Å². The smallest absolute Gasteiger partial charge is 0.264 e. The van der Waals surface area contributed by atoms with Gasteiger partial charge >= 0.3 is 0 Å². The summed E-state index contributed by atoms with van der Waals surface area (Å²) in [5.74, 6) is -3.00. The molecule has 152 valence electrons. The third-order valence-corrected chi connectivity index (χ3v) is 5.24. The number of nitrogens with one attached hydrogen (secondary N) is 1. The lowest BCUT2D eigenvalue weighted by Gasteiger charge is -2.26. The Balaban J connectivity index is 2.07. The fraction of sp³-hybridized carbons (Fsp3) is 0.211. The number of rotatable bonds is 6. The van der Waals surface area contributed by atoms with Gasteiger partial charge in [-0.1, -0.05) is 12.1 Å². The first-order chi connectivity index (χ1) is 13.7. The predicted molar refractivity (Wildman–Crippen MR) is 104 cm³/mol. The summed E-state index contributed by atoms with van der Waals surface area (Å²) in [6, 6.07) is 7.20. The Labute approximate surface area is 168 Å². The van der Waals surface area contributed by atoms with Gasteiger partial charge in [0, 0.05) is 22.8 Å². The normalized spacial score (nSPS) is 15.2. The van der Waals surface area contributed by atoms with E-state index >= 15 is 0 Å². The number of hydrogen-bond acceptors (Lipinski definition) is 7. The van der Waals surface area contributed by atoms with Crippen molar-refractivity contribution in [1.29, 1.82) is 0 Å². The second kappa shape index (κ2) is 8.02. The van der Waals surface area contributed by atoms with E-state index in [1.54, 1.807) is 0 Å². The quantitative estimate of drug-likeness (QED) is 0.400. The number of aliphatic hydroxyl groups excluding tert-OH is 1. The topological polar surface area (TPSA) is 144 Å². The number of amides is 3. The number of phenolic OH excluding ortho intramolecular Hbond substituents is 2. The Hall–Kier alpha value is -3.24. The highest BCUT2D eigenvalue weighted by atomic mass is 32.2. The lowest BCUT2D eigenvalue weighted by Crippen LogP contribution is -2.37. The molecule has 10 heteroatoms. The summed E-state index contributed by atoms with van der Waals surface area (Å²) in [5, 5.41) is 30.7. The van der Waals surface area contributed by atoms with E-state index in [0.29, 0.717) is 5.56 Å². The maximum atomic E-state index is 13.1. The number of carbonyl (C=O) groups is 3. The van der Waals surface area contributed by atoms with Crippen LogP contribution in [0.15, 0.2) is 36.4 Å². The SMILES string of the molecule is CS(=O)C[C@H](c1ccc(O)c(O)c1)N1C(=O)c2cccc(NC(=O)CO)c2C1=O. The van der Waals surface area contributed by atoms with E-state index in [2.05, 4.69) is 5.32 Å². The molecule has 0 radical (unpaired) electrons. The molecular weight excluding hydrogens is 400 g/mol. The minimum atomic E-state index is -1.41. The van der Waals surface area contributed by atoms with Gasteiger partial charge in [-0.15, -0.1) is 0 Å². The number of fused-ring (bicyclic) bond motifs is 1. The first kappa shape index (κ1) is 20.5. The van der Waals surface area contributed by atoms with E-state index in [4.69, 9.17) is 5.11 Å². The largest absolute Gasteiger partial charge is 0.504 e. The number of carbonyl (C=O) groups excluding carboxylic acids is 3. The summed E-state index contributed by atoms with van der Waals surface area (Å²) < 4.78 is 11.9. The number of imide groups is 1. The van der Waals surface area contributed by atoms with E-state index in [-0.39, 0.29) is 28.3 Å². The molecule has 0 fully saturated rings. The molecule has 1 heterocycles. The van der Waals surface area contributed by atoms with Crippen LogP contribution in [0.5, 0.6) is 11.5 Å². The molecule has 4 N–H and O–H groups in total. The molecule has 0 saturated heterocycles.